The number of nitrogens with one attached hydrogen (secondary N) is 1. The number of hydrogen-bond donors (Lipinski definition) is 2. The van der Waals surface area contributed by atoms with E-state index < -0.39 is 0 Å². The monoisotopic (exact) mass is 284 g/mol. The summed E-state index contributed by atoms with van der Waals surface area (Å²) >= 11 is 0. The molecular formula is C15H16N4O2. The number of nitrogens with two attached hydrogens (primary N) is 1. The second-order valence-electron chi connectivity index (χ2n) is 4.34. The fourth-order valence-corrected chi connectivity index (χ4v) is 1.85. The van der Waals surface area contributed by atoms with E-state index in [4.69, 9.17) is 5.73 Å². The second-order valence-corrected chi connectivity index (χ2v) is 4.34. The Morgan fingerprint density at radius 1 is 1.48 bits per heavy atom. The molecule has 0 saturated carbocycles. The van der Waals surface area contributed by atoms with E-state index in [1.165, 1.54) is 6.39 Å². The van der Waals surface area contributed by atoms with Crippen LogP contribution in [0.1, 0.15) is 27.3 Å². The van der Waals surface area contributed by atoms with Crippen LogP contribution in [0, 0.1) is 18.8 Å². The van der Waals surface area contributed by atoms with Gasteiger partial charge in [0.05, 0.1) is 6.54 Å². The zero-order chi connectivity index (χ0) is 15.1. The topological polar surface area (TPSA) is 94.0 Å². The van der Waals surface area contributed by atoms with Gasteiger partial charge in [-0.2, -0.15) is 4.98 Å². The van der Waals surface area contributed by atoms with Gasteiger partial charge in [-0.1, -0.05) is 23.1 Å². The largest absolute Gasteiger partial charge is 0.352 e. The zero-order valence-corrected chi connectivity index (χ0v) is 11.7. The van der Waals surface area contributed by atoms with Gasteiger partial charge in [0.25, 0.3) is 5.91 Å². The van der Waals surface area contributed by atoms with Crippen LogP contribution in [0.5, 0.6) is 0 Å². The maximum Gasteiger partial charge on any atom is 0.251 e. The fourth-order valence-electron chi connectivity index (χ4n) is 1.85. The maximum absolute atomic E-state index is 12.2. The fraction of sp³-hybridized carbons (Fsp3) is 0.267. The molecule has 1 amide bonds. The Morgan fingerprint density at radius 3 is 3.05 bits per heavy atom. The first-order chi connectivity index (χ1) is 10.2. The standard InChI is InChI=1S/C15H16N4O2/c1-11-12(5-3-8-16)4-2-6-13(11)15(20)17-9-7-14-18-10-21-19-14/h2,4,6,10H,7-9,16H2,1H3,(H,17,20). The molecule has 6 heteroatoms. The van der Waals surface area contributed by atoms with E-state index in [0.29, 0.717) is 30.9 Å². The Labute approximate surface area is 122 Å². The predicted molar refractivity (Wildman–Crippen MR) is 77.4 cm³/mol. The Bertz CT molecular complexity index is 669. The zero-order valence-electron chi connectivity index (χ0n) is 11.7. The van der Waals surface area contributed by atoms with Crippen molar-refractivity contribution in [1.29, 1.82) is 0 Å². The lowest BCUT2D eigenvalue weighted by molar-refractivity contribution is 0.0953. The lowest BCUT2D eigenvalue weighted by atomic mass is 10.0. The molecular weight excluding hydrogens is 268 g/mol. The molecule has 2 rings (SSSR count). The lowest BCUT2D eigenvalue weighted by Gasteiger charge is -2.08. The Hall–Kier alpha value is -2.65. The quantitative estimate of drug-likeness (QED) is 0.804. The minimum Gasteiger partial charge on any atom is -0.352 e. The van der Waals surface area contributed by atoms with Gasteiger partial charge in [0, 0.05) is 24.1 Å². The van der Waals surface area contributed by atoms with Gasteiger partial charge in [-0.3, -0.25) is 4.79 Å². The third-order valence-electron chi connectivity index (χ3n) is 2.94. The minimum atomic E-state index is -0.146. The molecule has 0 aliphatic rings. The Morgan fingerprint density at radius 2 is 2.33 bits per heavy atom. The van der Waals surface area contributed by atoms with Gasteiger partial charge in [-0.15, -0.1) is 0 Å². The van der Waals surface area contributed by atoms with Crippen LogP contribution in [0.3, 0.4) is 0 Å². The van der Waals surface area contributed by atoms with Crippen molar-refractivity contribution in [3.63, 3.8) is 0 Å². The molecule has 1 aromatic carbocycles. The molecule has 0 aliphatic carbocycles. The summed E-state index contributed by atoms with van der Waals surface area (Å²) < 4.78 is 4.63. The first-order valence-corrected chi connectivity index (χ1v) is 6.54. The van der Waals surface area contributed by atoms with Crippen LogP contribution >= 0.6 is 0 Å². The molecule has 108 valence electrons. The minimum absolute atomic E-state index is 0.146. The average Bonchev–Trinajstić information content (AvgIpc) is 2.99. The Kier molecular flexibility index (Phi) is 5.07. The molecule has 0 aliphatic heterocycles. The first-order valence-electron chi connectivity index (χ1n) is 6.54. The van der Waals surface area contributed by atoms with Crippen LogP contribution < -0.4 is 11.1 Å². The lowest BCUT2D eigenvalue weighted by Crippen LogP contribution is -2.26. The summed E-state index contributed by atoms with van der Waals surface area (Å²) in [6.07, 6.45) is 1.79. The molecule has 0 bridgehead atoms. The highest BCUT2D eigenvalue weighted by Gasteiger charge is 2.10. The maximum atomic E-state index is 12.2. The van der Waals surface area contributed by atoms with Crippen molar-refractivity contribution in [3.05, 3.63) is 47.1 Å². The number of benzene rings is 1. The predicted octanol–water partition coefficient (Wildman–Crippen LogP) is 0.661. The van der Waals surface area contributed by atoms with Crippen LogP contribution in [0.15, 0.2) is 29.1 Å². The SMILES string of the molecule is Cc1c(C#CCN)cccc1C(=O)NCCc1ncon1. The van der Waals surface area contributed by atoms with Crippen molar-refractivity contribution in [3.8, 4) is 11.8 Å². The van der Waals surface area contributed by atoms with Gasteiger partial charge in [-0.05, 0) is 24.6 Å². The molecule has 0 unspecified atom stereocenters. The third-order valence-corrected chi connectivity index (χ3v) is 2.94. The summed E-state index contributed by atoms with van der Waals surface area (Å²) in [5, 5.41) is 6.51. The highest BCUT2D eigenvalue weighted by atomic mass is 16.5. The molecule has 0 radical (unpaired) electrons. The molecule has 1 aromatic heterocycles. The van der Waals surface area contributed by atoms with Crippen LogP contribution in [0.25, 0.3) is 0 Å². The number of carbonyl (C=O) groups excluding carboxylic acids is 1. The Balaban J connectivity index is 2.01. The molecule has 1 heterocycles. The van der Waals surface area contributed by atoms with Gasteiger partial charge >= 0.3 is 0 Å². The number of hydrogen-bond acceptors (Lipinski definition) is 5. The van der Waals surface area contributed by atoms with Crippen LogP contribution in [0.2, 0.25) is 0 Å². The summed E-state index contributed by atoms with van der Waals surface area (Å²) in [6.45, 7) is 2.60. The van der Waals surface area contributed by atoms with Crippen LogP contribution in [0.4, 0.5) is 0 Å². The van der Waals surface area contributed by atoms with E-state index in [0.717, 1.165) is 11.1 Å². The summed E-state index contributed by atoms with van der Waals surface area (Å²) in [5.74, 6) is 6.17. The van der Waals surface area contributed by atoms with Crippen LogP contribution in [-0.2, 0) is 6.42 Å². The van der Waals surface area contributed by atoms with Crippen molar-refractivity contribution in [2.45, 2.75) is 13.3 Å². The summed E-state index contributed by atoms with van der Waals surface area (Å²) in [4.78, 5) is 16.1. The van der Waals surface area contributed by atoms with E-state index in [-0.39, 0.29) is 5.91 Å². The van der Waals surface area contributed by atoms with Crippen molar-refractivity contribution in [2.75, 3.05) is 13.1 Å². The molecule has 6 nitrogen and oxygen atoms in total. The van der Waals surface area contributed by atoms with Gasteiger partial charge in [0.15, 0.2) is 5.82 Å². The molecule has 3 N–H and O–H groups in total. The van der Waals surface area contributed by atoms with E-state index in [2.05, 4.69) is 31.8 Å². The summed E-state index contributed by atoms with van der Waals surface area (Å²) in [6, 6.07) is 5.45. The molecule has 0 atom stereocenters. The van der Waals surface area contributed by atoms with Crippen molar-refractivity contribution in [1.82, 2.24) is 15.5 Å². The molecule has 0 spiro atoms. The van der Waals surface area contributed by atoms with E-state index in [9.17, 15) is 4.79 Å². The summed E-state index contributed by atoms with van der Waals surface area (Å²) in [7, 11) is 0. The van der Waals surface area contributed by atoms with Gasteiger partial charge in [-0.25, -0.2) is 0 Å². The highest BCUT2D eigenvalue weighted by molar-refractivity contribution is 5.96. The number of nitrogens with zero attached hydrogens (tertiary/aromatic N) is 2. The molecule has 0 saturated heterocycles. The van der Waals surface area contributed by atoms with Gasteiger partial charge in [0.2, 0.25) is 6.39 Å². The smallest absolute Gasteiger partial charge is 0.251 e. The van der Waals surface area contributed by atoms with Crippen molar-refractivity contribution < 1.29 is 9.32 Å². The van der Waals surface area contributed by atoms with Crippen molar-refractivity contribution >= 4 is 5.91 Å². The second kappa shape index (κ2) is 7.22. The first kappa shape index (κ1) is 14.8. The highest BCUT2D eigenvalue weighted by Crippen LogP contribution is 2.12. The normalized spacial score (nSPS) is 9.81. The number of carbonyl (C=O) groups is 1. The van der Waals surface area contributed by atoms with Crippen LogP contribution in [-0.4, -0.2) is 29.1 Å². The van der Waals surface area contributed by atoms with E-state index in [1.807, 2.05) is 19.1 Å². The molecule has 21 heavy (non-hydrogen) atoms. The number of rotatable bonds is 4. The third kappa shape index (κ3) is 3.91. The van der Waals surface area contributed by atoms with Gasteiger partial charge in [0.1, 0.15) is 0 Å². The molecule has 0 fully saturated rings. The number of amides is 1. The van der Waals surface area contributed by atoms with E-state index >= 15 is 0 Å². The van der Waals surface area contributed by atoms with Gasteiger partial charge < -0.3 is 15.6 Å². The van der Waals surface area contributed by atoms with Crippen molar-refractivity contribution in [2.24, 2.45) is 5.73 Å². The van der Waals surface area contributed by atoms with E-state index in [1.54, 1.807) is 6.07 Å². The average molecular weight is 284 g/mol. The molecule has 2 aromatic rings. The summed E-state index contributed by atoms with van der Waals surface area (Å²) in [5.41, 5.74) is 7.62. The number of aromatic nitrogens is 2.